The van der Waals surface area contributed by atoms with Crippen LogP contribution in [0.3, 0.4) is 0 Å². The first-order valence-corrected chi connectivity index (χ1v) is 13.8. The molecule has 2 aromatic heterocycles. The summed E-state index contributed by atoms with van der Waals surface area (Å²) in [5.41, 5.74) is 5.68. The molecule has 0 spiro atoms. The summed E-state index contributed by atoms with van der Waals surface area (Å²) in [7, 11) is 0. The molecule has 0 radical (unpaired) electrons. The Balaban J connectivity index is 1.17. The van der Waals surface area contributed by atoms with E-state index in [4.69, 9.17) is 19.4 Å². The van der Waals surface area contributed by atoms with E-state index >= 15 is 0 Å². The van der Waals surface area contributed by atoms with E-state index in [9.17, 15) is 9.59 Å². The molecule has 2 fully saturated rings. The van der Waals surface area contributed by atoms with Crippen LogP contribution < -0.4 is 20.4 Å². The topological polar surface area (TPSA) is 122 Å². The van der Waals surface area contributed by atoms with Crippen molar-refractivity contribution in [1.82, 2.24) is 15.0 Å². The van der Waals surface area contributed by atoms with E-state index in [-0.39, 0.29) is 18.5 Å². The molecule has 0 unspecified atom stereocenters. The minimum Gasteiger partial charge on any atom is -0.378 e. The molecule has 2 aliphatic rings. The summed E-state index contributed by atoms with van der Waals surface area (Å²) in [6.45, 7) is 5.98. The van der Waals surface area contributed by atoms with Gasteiger partial charge in [0.05, 0.1) is 25.5 Å². The fourth-order valence-electron chi connectivity index (χ4n) is 5.02. The number of carbonyl (C=O) groups is 2. The number of urea groups is 1. The molecule has 2 saturated heterocycles. The highest BCUT2D eigenvalue weighted by atomic mass is 16.5. The van der Waals surface area contributed by atoms with Crippen molar-refractivity contribution in [3.05, 3.63) is 78.6 Å². The van der Waals surface area contributed by atoms with Crippen LogP contribution in [0.25, 0.3) is 22.6 Å². The van der Waals surface area contributed by atoms with Gasteiger partial charge in [-0.15, -0.1) is 0 Å². The van der Waals surface area contributed by atoms with Gasteiger partial charge >= 0.3 is 6.03 Å². The van der Waals surface area contributed by atoms with Crippen molar-refractivity contribution in [3.8, 4) is 22.6 Å². The van der Waals surface area contributed by atoms with Gasteiger partial charge in [0.15, 0.2) is 5.82 Å². The fraction of sp³-hybridized carbons (Fsp3) is 0.258. The average Bonchev–Trinajstić information content (AvgIpc) is 3.03. The number of ether oxygens (including phenoxy) is 2. The van der Waals surface area contributed by atoms with E-state index < -0.39 is 0 Å². The number of nitrogens with one attached hydrogen (secondary N) is 2. The van der Waals surface area contributed by atoms with Gasteiger partial charge in [0.1, 0.15) is 12.4 Å². The minimum absolute atomic E-state index is 0.0786. The SMILES string of the molecule is Cc1c(-c2ccncc2)nc(-c2ccc(NC(=O)Nc3ccc(N4CCOCC4=O)cc3)cc2)nc1N1CCOCC1. The maximum atomic E-state index is 12.7. The van der Waals surface area contributed by atoms with Gasteiger partial charge in [-0.3, -0.25) is 9.78 Å². The lowest BCUT2D eigenvalue weighted by atomic mass is 10.1. The van der Waals surface area contributed by atoms with Gasteiger partial charge in [0.2, 0.25) is 0 Å². The van der Waals surface area contributed by atoms with Crippen LogP contribution in [0.4, 0.5) is 27.7 Å². The largest absolute Gasteiger partial charge is 0.378 e. The third kappa shape index (κ3) is 6.07. The first-order chi connectivity index (χ1) is 20.5. The van der Waals surface area contributed by atoms with E-state index in [2.05, 4.69) is 20.5 Å². The molecular formula is C31H31N7O4. The normalized spacial score (nSPS) is 15.4. The second kappa shape index (κ2) is 12.3. The van der Waals surface area contributed by atoms with E-state index in [0.717, 1.165) is 47.0 Å². The van der Waals surface area contributed by atoms with Crippen molar-refractivity contribution < 1.29 is 19.1 Å². The molecule has 11 nitrogen and oxygen atoms in total. The molecule has 0 bridgehead atoms. The molecule has 6 rings (SSSR count). The first kappa shape index (κ1) is 27.3. The second-order valence-electron chi connectivity index (χ2n) is 9.98. The standard InChI is InChI=1S/C31H31N7O4/c1-21-28(22-10-12-32-13-11-22)35-29(36-30(21)37-14-17-41-18-15-37)23-2-4-24(5-3-23)33-31(40)34-25-6-8-26(9-7-25)38-16-19-42-20-27(38)39/h2-13H,14-20H2,1H3,(H2,33,34,40). The molecule has 3 amide bonds. The molecule has 2 N–H and O–H groups in total. The minimum atomic E-state index is -0.376. The van der Waals surface area contributed by atoms with Gasteiger partial charge in [-0.25, -0.2) is 14.8 Å². The Morgan fingerprint density at radius 2 is 1.43 bits per heavy atom. The molecule has 4 aromatic rings. The zero-order valence-corrected chi connectivity index (χ0v) is 23.2. The molecule has 0 saturated carbocycles. The maximum absolute atomic E-state index is 12.7. The van der Waals surface area contributed by atoms with Crippen LogP contribution in [0, 0.1) is 6.92 Å². The molecule has 2 aliphatic heterocycles. The van der Waals surface area contributed by atoms with E-state index in [1.807, 2.05) is 43.3 Å². The van der Waals surface area contributed by atoms with Crippen LogP contribution in [-0.4, -0.2) is 73.0 Å². The Morgan fingerprint density at radius 1 is 0.786 bits per heavy atom. The summed E-state index contributed by atoms with van der Waals surface area (Å²) in [4.78, 5) is 42.7. The van der Waals surface area contributed by atoms with Gasteiger partial charge in [-0.1, -0.05) is 0 Å². The Hall–Kier alpha value is -4.87. The van der Waals surface area contributed by atoms with E-state index in [0.29, 0.717) is 43.6 Å². The van der Waals surface area contributed by atoms with E-state index in [1.54, 1.807) is 41.6 Å². The fourth-order valence-corrected chi connectivity index (χ4v) is 5.02. The number of hydrogen-bond donors (Lipinski definition) is 2. The smallest absolute Gasteiger partial charge is 0.323 e. The van der Waals surface area contributed by atoms with Crippen LogP contribution >= 0.6 is 0 Å². The predicted molar refractivity (Wildman–Crippen MR) is 161 cm³/mol. The summed E-state index contributed by atoms with van der Waals surface area (Å²) in [5.74, 6) is 1.41. The lowest BCUT2D eigenvalue weighted by Crippen LogP contribution is -2.41. The molecular weight excluding hydrogens is 534 g/mol. The zero-order valence-electron chi connectivity index (χ0n) is 23.2. The number of rotatable bonds is 6. The molecule has 11 heteroatoms. The van der Waals surface area contributed by atoms with Crippen LogP contribution in [0.2, 0.25) is 0 Å². The van der Waals surface area contributed by atoms with Gasteiger partial charge < -0.3 is 29.9 Å². The predicted octanol–water partition coefficient (Wildman–Crippen LogP) is 4.36. The Kier molecular flexibility index (Phi) is 8.02. The lowest BCUT2D eigenvalue weighted by Gasteiger charge is -2.30. The Morgan fingerprint density at radius 3 is 2.10 bits per heavy atom. The quantitative estimate of drug-likeness (QED) is 0.354. The first-order valence-electron chi connectivity index (χ1n) is 13.8. The van der Waals surface area contributed by atoms with Gasteiger partial charge in [-0.05, 0) is 67.6 Å². The number of benzene rings is 2. The second-order valence-corrected chi connectivity index (χ2v) is 9.98. The summed E-state index contributed by atoms with van der Waals surface area (Å²) < 4.78 is 10.7. The number of nitrogens with zero attached hydrogens (tertiary/aromatic N) is 5. The molecule has 0 atom stereocenters. The third-order valence-electron chi connectivity index (χ3n) is 7.21. The van der Waals surface area contributed by atoms with Crippen molar-refractivity contribution in [2.75, 3.05) is 66.5 Å². The number of anilines is 4. The number of hydrogen-bond acceptors (Lipinski definition) is 8. The number of pyridine rings is 1. The van der Waals surface area contributed by atoms with Crippen LogP contribution in [0.15, 0.2) is 73.1 Å². The number of carbonyl (C=O) groups excluding carboxylic acids is 2. The Bertz CT molecular complexity index is 1560. The molecule has 4 heterocycles. The summed E-state index contributed by atoms with van der Waals surface area (Å²) in [6, 6.07) is 18.1. The van der Waals surface area contributed by atoms with Gasteiger partial charge in [0.25, 0.3) is 5.91 Å². The molecule has 0 aliphatic carbocycles. The van der Waals surface area contributed by atoms with E-state index in [1.165, 1.54) is 0 Å². The van der Waals surface area contributed by atoms with Crippen LogP contribution in [0.1, 0.15) is 5.56 Å². The van der Waals surface area contributed by atoms with Crippen molar-refractivity contribution in [3.63, 3.8) is 0 Å². The van der Waals surface area contributed by atoms with Crippen LogP contribution in [-0.2, 0) is 14.3 Å². The van der Waals surface area contributed by atoms with Gasteiger partial charge in [-0.2, -0.15) is 0 Å². The average molecular weight is 566 g/mol. The molecule has 2 aromatic carbocycles. The number of aromatic nitrogens is 3. The highest BCUT2D eigenvalue weighted by Crippen LogP contribution is 2.31. The van der Waals surface area contributed by atoms with Crippen molar-refractivity contribution >= 4 is 34.8 Å². The zero-order chi connectivity index (χ0) is 28.9. The third-order valence-corrected chi connectivity index (χ3v) is 7.21. The Labute approximate surface area is 243 Å². The van der Waals surface area contributed by atoms with Crippen LogP contribution in [0.5, 0.6) is 0 Å². The monoisotopic (exact) mass is 565 g/mol. The maximum Gasteiger partial charge on any atom is 0.323 e. The molecule has 42 heavy (non-hydrogen) atoms. The molecule has 214 valence electrons. The van der Waals surface area contributed by atoms with Crippen molar-refractivity contribution in [2.24, 2.45) is 0 Å². The lowest BCUT2D eigenvalue weighted by molar-refractivity contribution is -0.125. The number of amides is 3. The van der Waals surface area contributed by atoms with Gasteiger partial charge in [0, 0.05) is 65.8 Å². The summed E-state index contributed by atoms with van der Waals surface area (Å²) in [5, 5.41) is 5.69. The number of morpholine rings is 2. The van der Waals surface area contributed by atoms with Crippen molar-refractivity contribution in [2.45, 2.75) is 6.92 Å². The summed E-state index contributed by atoms with van der Waals surface area (Å²) >= 11 is 0. The highest BCUT2D eigenvalue weighted by Gasteiger charge is 2.21. The van der Waals surface area contributed by atoms with Crippen molar-refractivity contribution in [1.29, 1.82) is 0 Å². The highest BCUT2D eigenvalue weighted by molar-refractivity contribution is 6.00. The summed E-state index contributed by atoms with van der Waals surface area (Å²) in [6.07, 6.45) is 3.52.